The van der Waals surface area contributed by atoms with Gasteiger partial charge in [-0.1, -0.05) is 0 Å². The van der Waals surface area contributed by atoms with E-state index in [0.29, 0.717) is 19.5 Å². The van der Waals surface area contributed by atoms with Gasteiger partial charge in [-0.05, 0) is 42.9 Å². The number of halogens is 1. The molecule has 0 bridgehead atoms. The molecule has 2 aliphatic rings. The van der Waals surface area contributed by atoms with Gasteiger partial charge in [0.2, 0.25) is 5.91 Å². The molecule has 10 heteroatoms. The summed E-state index contributed by atoms with van der Waals surface area (Å²) in [7, 11) is 0. The van der Waals surface area contributed by atoms with E-state index in [4.69, 9.17) is 0 Å². The first-order valence-corrected chi connectivity index (χ1v) is 10.7. The number of hydrogen-bond donors (Lipinski definition) is 4. The van der Waals surface area contributed by atoms with E-state index in [9.17, 15) is 19.4 Å². The Morgan fingerprint density at radius 3 is 2.88 bits per heavy atom. The van der Waals surface area contributed by atoms with Crippen molar-refractivity contribution in [2.45, 2.75) is 31.4 Å². The number of fused-ring (bicyclic) bond motifs is 1. The number of nitrogens with zero attached hydrogens (tertiary/aromatic N) is 4. The van der Waals surface area contributed by atoms with Crippen molar-refractivity contribution in [2.24, 2.45) is 11.3 Å². The lowest BCUT2D eigenvalue weighted by Crippen LogP contribution is -2.51. The molecular weight excluding hydrogens is 415 g/mol. The van der Waals surface area contributed by atoms with Crippen LogP contribution in [0.3, 0.4) is 0 Å². The van der Waals surface area contributed by atoms with Crippen LogP contribution >= 0.6 is 0 Å². The van der Waals surface area contributed by atoms with Crippen molar-refractivity contribution in [3.63, 3.8) is 0 Å². The minimum Gasteiger partial charge on any atom is -0.394 e. The Labute approximate surface area is 183 Å². The summed E-state index contributed by atoms with van der Waals surface area (Å²) in [4.78, 5) is 31.1. The predicted molar refractivity (Wildman–Crippen MR) is 114 cm³/mol. The largest absolute Gasteiger partial charge is 0.394 e. The van der Waals surface area contributed by atoms with E-state index in [1.807, 2.05) is 12.3 Å². The molecule has 4 heterocycles. The van der Waals surface area contributed by atoms with Crippen molar-refractivity contribution in [2.75, 3.05) is 24.6 Å². The highest BCUT2D eigenvalue weighted by Gasteiger charge is 2.55. The number of carbonyl (C=O) groups is 1. The van der Waals surface area contributed by atoms with Gasteiger partial charge in [-0.2, -0.15) is 0 Å². The molecule has 1 amide bonds. The Hall–Kier alpha value is -3.11. The van der Waals surface area contributed by atoms with Crippen molar-refractivity contribution >= 4 is 22.8 Å². The molecule has 4 N–H and O–H groups in total. The third-order valence-electron chi connectivity index (χ3n) is 6.73. The second-order valence-electron chi connectivity index (χ2n) is 8.71. The number of nitrogens with one attached hydrogen (secondary N) is 2. The van der Waals surface area contributed by atoms with Crippen LogP contribution in [0.1, 0.15) is 31.1 Å². The number of piperidine rings is 1. The molecule has 1 aliphatic carbocycles. The number of aliphatic hydroxyl groups is 2. The smallest absolute Gasteiger partial charge is 0.224 e. The molecule has 168 valence electrons. The number of amides is 1. The molecule has 0 aromatic carbocycles. The molecular formula is C22H25FN6O3. The summed E-state index contributed by atoms with van der Waals surface area (Å²) < 4.78 is 13.1. The predicted octanol–water partition coefficient (Wildman–Crippen LogP) is 1.31. The molecule has 5 rings (SSSR count). The molecule has 1 saturated heterocycles. The molecule has 3 aromatic heterocycles. The van der Waals surface area contributed by atoms with Crippen molar-refractivity contribution in [3.05, 3.63) is 48.4 Å². The fraction of sp³-hybridized carbons (Fsp3) is 0.455. The van der Waals surface area contributed by atoms with E-state index >= 15 is 0 Å². The topological polar surface area (TPSA) is 127 Å². The van der Waals surface area contributed by atoms with Crippen molar-refractivity contribution in [1.29, 1.82) is 0 Å². The zero-order chi connectivity index (χ0) is 22.3. The number of aliphatic hydroxyl groups excluding tert-OH is 2. The lowest BCUT2D eigenvalue weighted by Gasteiger charge is -2.39. The van der Waals surface area contributed by atoms with Crippen molar-refractivity contribution < 1.29 is 19.4 Å². The maximum Gasteiger partial charge on any atom is 0.224 e. The molecule has 1 spiro atoms. The van der Waals surface area contributed by atoms with Crippen LogP contribution in [0.15, 0.2) is 36.9 Å². The summed E-state index contributed by atoms with van der Waals surface area (Å²) in [5, 5.41) is 24.1. The first-order chi connectivity index (χ1) is 15.5. The average Bonchev–Trinajstić information content (AvgIpc) is 3.38. The number of pyridine rings is 1. The van der Waals surface area contributed by atoms with Gasteiger partial charge in [0.05, 0.1) is 29.9 Å². The van der Waals surface area contributed by atoms with Crippen molar-refractivity contribution in [1.82, 2.24) is 25.3 Å². The number of carbonyl (C=O) groups excluding carboxylic acids is 1. The van der Waals surface area contributed by atoms with Crippen LogP contribution in [-0.2, 0) is 4.79 Å². The van der Waals surface area contributed by atoms with E-state index in [2.05, 4.69) is 30.2 Å². The van der Waals surface area contributed by atoms with Crippen molar-refractivity contribution in [3.8, 4) is 0 Å². The fourth-order valence-electron chi connectivity index (χ4n) is 4.80. The van der Waals surface area contributed by atoms with Gasteiger partial charge in [-0.15, -0.1) is 0 Å². The first kappa shape index (κ1) is 20.8. The minimum atomic E-state index is -1.23. The van der Waals surface area contributed by atoms with Gasteiger partial charge in [0, 0.05) is 25.2 Å². The highest BCUT2D eigenvalue weighted by atomic mass is 19.1. The SMILES string of the molecule is O=C(N[C@@H](CO)[C@H](O)c1ccc(F)cn1)[C@H]1CCN(c2ncnc3[nH]ccc23)CC12CC2. The second kappa shape index (κ2) is 8.10. The highest BCUT2D eigenvalue weighted by molar-refractivity contribution is 5.87. The Bertz CT molecular complexity index is 1120. The van der Waals surface area contributed by atoms with E-state index < -0.39 is 24.6 Å². The van der Waals surface area contributed by atoms with Crippen LogP contribution in [0, 0.1) is 17.2 Å². The lowest BCUT2D eigenvalue weighted by molar-refractivity contribution is -0.130. The van der Waals surface area contributed by atoms with Gasteiger partial charge in [-0.3, -0.25) is 9.78 Å². The minimum absolute atomic E-state index is 0.144. The Kier molecular flexibility index (Phi) is 5.26. The van der Waals surface area contributed by atoms with Gasteiger partial charge >= 0.3 is 0 Å². The molecule has 3 aromatic rings. The molecule has 0 radical (unpaired) electrons. The zero-order valence-corrected chi connectivity index (χ0v) is 17.4. The highest BCUT2D eigenvalue weighted by Crippen LogP contribution is 2.56. The molecule has 2 fully saturated rings. The van der Waals surface area contributed by atoms with Gasteiger partial charge in [0.25, 0.3) is 0 Å². The van der Waals surface area contributed by atoms with Gasteiger partial charge in [-0.25, -0.2) is 14.4 Å². The molecule has 3 atom stereocenters. The average molecular weight is 440 g/mol. The van der Waals surface area contributed by atoms with Gasteiger partial charge < -0.3 is 25.4 Å². The zero-order valence-electron chi connectivity index (χ0n) is 17.4. The number of hydrogen-bond acceptors (Lipinski definition) is 7. The van der Waals surface area contributed by atoms with Crippen LogP contribution in [0.25, 0.3) is 11.0 Å². The maximum atomic E-state index is 13.2. The first-order valence-electron chi connectivity index (χ1n) is 10.7. The standard InChI is InChI=1S/C22H25FN6O3/c23-13-1-2-16(25-9-13)18(31)17(10-30)28-21(32)15-4-8-29(11-22(15)5-6-22)20-14-3-7-24-19(14)26-12-27-20/h1-3,7,9,12,15,17-18,30-31H,4-6,8,10-11H2,(H,28,32)(H,24,26,27)/t15-,17+,18-/m1/s1. The molecule has 0 unspecified atom stereocenters. The van der Waals surface area contributed by atoms with E-state index in [0.717, 1.165) is 35.9 Å². The van der Waals surface area contributed by atoms with Crippen LogP contribution in [-0.4, -0.2) is 61.8 Å². The fourth-order valence-corrected chi connectivity index (χ4v) is 4.80. The number of anilines is 1. The molecule has 32 heavy (non-hydrogen) atoms. The summed E-state index contributed by atoms with van der Waals surface area (Å²) in [6.45, 7) is 0.932. The van der Waals surface area contributed by atoms with E-state index in [-0.39, 0.29) is 22.9 Å². The van der Waals surface area contributed by atoms with Gasteiger partial charge in [0.15, 0.2) is 0 Å². The number of aromatic nitrogens is 4. The summed E-state index contributed by atoms with van der Waals surface area (Å²) >= 11 is 0. The Balaban J connectivity index is 1.29. The number of aromatic amines is 1. The summed E-state index contributed by atoms with van der Waals surface area (Å²) in [5.41, 5.74) is 0.838. The normalized spacial score (nSPS) is 21.5. The summed E-state index contributed by atoms with van der Waals surface area (Å²) in [5.74, 6) is -0.0532. The second-order valence-corrected chi connectivity index (χ2v) is 8.71. The van der Waals surface area contributed by atoms with Crippen LogP contribution < -0.4 is 10.2 Å². The lowest BCUT2D eigenvalue weighted by atomic mass is 9.81. The van der Waals surface area contributed by atoms with Crippen LogP contribution in [0.5, 0.6) is 0 Å². The summed E-state index contributed by atoms with van der Waals surface area (Å²) in [6, 6.07) is 3.57. The number of rotatable bonds is 6. The molecule has 9 nitrogen and oxygen atoms in total. The quantitative estimate of drug-likeness (QED) is 0.455. The van der Waals surface area contributed by atoms with Crippen LogP contribution in [0.4, 0.5) is 10.2 Å². The van der Waals surface area contributed by atoms with E-state index in [1.165, 1.54) is 12.1 Å². The van der Waals surface area contributed by atoms with Crippen LogP contribution in [0.2, 0.25) is 0 Å². The Morgan fingerprint density at radius 2 is 2.16 bits per heavy atom. The Morgan fingerprint density at radius 1 is 1.31 bits per heavy atom. The van der Waals surface area contributed by atoms with E-state index in [1.54, 1.807) is 6.33 Å². The molecule has 1 saturated carbocycles. The summed E-state index contributed by atoms with van der Waals surface area (Å²) in [6.07, 6.45) is 5.67. The molecule has 1 aliphatic heterocycles. The monoisotopic (exact) mass is 440 g/mol. The third kappa shape index (κ3) is 3.69. The third-order valence-corrected chi connectivity index (χ3v) is 6.73. The van der Waals surface area contributed by atoms with Gasteiger partial charge in [0.1, 0.15) is 29.7 Å². The maximum absolute atomic E-state index is 13.2. The number of H-pyrrole nitrogens is 1.